The summed E-state index contributed by atoms with van der Waals surface area (Å²) in [6.07, 6.45) is 0. The number of hydrogen-bond acceptors (Lipinski definition) is 6. The molecule has 2 rings (SSSR count). The third-order valence-corrected chi connectivity index (χ3v) is 2.19. The molecule has 1 N–H and O–H groups in total. The van der Waals surface area contributed by atoms with E-state index in [0.717, 1.165) is 5.69 Å². The largest absolute Gasteiger partial charge is 0.335 e. The SMILES string of the molecule is CN(Cc1cscn1)c1nn[nH]n1. The zero-order valence-corrected chi connectivity index (χ0v) is 7.82. The molecular formula is C6H8N6S. The van der Waals surface area contributed by atoms with Crippen molar-refractivity contribution >= 4 is 17.3 Å². The summed E-state index contributed by atoms with van der Waals surface area (Å²) in [5.74, 6) is 0.577. The maximum atomic E-state index is 4.16. The van der Waals surface area contributed by atoms with Crippen LogP contribution in [0.4, 0.5) is 5.95 Å². The molecule has 0 unspecified atom stereocenters. The fourth-order valence-electron chi connectivity index (χ4n) is 0.948. The Bertz CT molecular complexity index is 341. The lowest BCUT2D eigenvalue weighted by Crippen LogP contribution is -2.17. The third kappa shape index (κ3) is 1.81. The molecule has 68 valence electrons. The van der Waals surface area contributed by atoms with Crippen molar-refractivity contribution in [1.29, 1.82) is 0 Å². The molecule has 13 heavy (non-hydrogen) atoms. The highest BCUT2D eigenvalue weighted by molar-refractivity contribution is 7.07. The first-order chi connectivity index (χ1) is 6.36. The highest BCUT2D eigenvalue weighted by Gasteiger charge is 2.06. The van der Waals surface area contributed by atoms with Crippen molar-refractivity contribution in [2.75, 3.05) is 11.9 Å². The maximum absolute atomic E-state index is 4.16. The first-order valence-corrected chi connectivity index (χ1v) is 4.62. The van der Waals surface area contributed by atoms with Crippen LogP contribution in [0.5, 0.6) is 0 Å². The maximum Gasteiger partial charge on any atom is 0.265 e. The molecule has 2 heterocycles. The standard InChI is InChI=1S/C6H8N6S/c1-12(6-8-10-11-9-6)2-5-3-13-4-7-5/h3-4H,2H2,1H3,(H,8,9,10,11). The number of aromatic nitrogens is 5. The van der Waals surface area contributed by atoms with Crippen LogP contribution in [0.25, 0.3) is 0 Å². The van der Waals surface area contributed by atoms with Crippen molar-refractivity contribution in [1.82, 2.24) is 25.6 Å². The monoisotopic (exact) mass is 196 g/mol. The van der Waals surface area contributed by atoms with Crippen LogP contribution in [0.2, 0.25) is 0 Å². The first-order valence-electron chi connectivity index (χ1n) is 3.68. The number of nitrogens with zero attached hydrogens (tertiary/aromatic N) is 5. The molecule has 0 aromatic carbocycles. The summed E-state index contributed by atoms with van der Waals surface area (Å²) in [4.78, 5) is 6.03. The molecule has 0 radical (unpaired) electrons. The Morgan fingerprint density at radius 3 is 3.15 bits per heavy atom. The van der Waals surface area contributed by atoms with Crippen molar-refractivity contribution in [2.24, 2.45) is 0 Å². The minimum Gasteiger partial charge on any atom is -0.335 e. The van der Waals surface area contributed by atoms with Crippen molar-refractivity contribution in [3.05, 3.63) is 16.6 Å². The molecular weight excluding hydrogens is 188 g/mol. The molecule has 0 fully saturated rings. The second kappa shape index (κ2) is 3.48. The van der Waals surface area contributed by atoms with Gasteiger partial charge in [0.05, 0.1) is 17.7 Å². The Hall–Kier alpha value is -1.50. The van der Waals surface area contributed by atoms with Crippen LogP contribution < -0.4 is 4.90 Å². The van der Waals surface area contributed by atoms with Gasteiger partial charge in [0.15, 0.2) is 0 Å². The summed E-state index contributed by atoms with van der Waals surface area (Å²) in [6.45, 7) is 0.697. The van der Waals surface area contributed by atoms with E-state index in [9.17, 15) is 0 Å². The van der Waals surface area contributed by atoms with E-state index in [4.69, 9.17) is 0 Å². The Kier molecular flexibility index (Phi) is 2.17. The summed E-state index contributed by atoms with van der Waals surface area (Å²) in [6, 6.07) is 0. The number of aromatic amines is 1. The molecule has 0 spiro atoms. The molecule has 0 aliphatic carbocycles. The van der Waals surface area contributed by atoms with E-state index in [1.54, 1.807) is 16.8 Å². The minimum absolute atomic E-state index is 0.577. The molecule has 7 heteroatoms. The normalized spacial score (nSPS) is 10.2. The summed E-state index contributed by atoms with van der Waals surface area (Å²) < 4.78 is 0. The highest BCUT2D eigenvalue weighted by Crippen LogP contribution is 2.07. The predicted octanol–water partition coefficient (Wildman–Crippen LogP) is 0.293. The summed E-state index contributed by atoms with van der Waals surface area (Å²) in [5, 5.41) is 15.6. The van der Waals surface area contributed by atoms with Crippen molar-refractivity contribution < 1.29 is 0 Å². The van der Waals surface area contributed by atoms with E-state index in [1.165, 1.54) is 0 Å². The van der Waals surface area contributed by atoms with Crippen LogP contribution in [0.3, 0.4) is 0 Å². The number of anilines is 1. The van der Waals surface area contributed by atoms with E-state index in [2.05, 4.69) is 25.6 Å². The topological polar surface area (TPSA) is 70.6 Å². The molecule has 2 aromatic heterocycles. The number of nitrogens with one attached hydrogen (secondary N) is 1. The molecule has 0 atom stereocenters. The second-order valence-electron chi connectivity index (χ2n) is 2.55. The summed E-state index contributed by atoms with van der Waals surface area (Å²) in [7, 11) is 1.89. The number of hydrogen-bond donors (Lipinski definition) is 1. The van der Waals surface area contributed by atoms with Gasteiger partial charge in [0.2, 0.25) is 0 Å². The van der Waals surface area contributed by atoms with E-state index < -0.39 is 0 Å². The molecule has 6 nitrogen and oxygen atoms in total. The van der Waals surface area contributed by atoms with Gasteiger partial charge in [-0.15, -0.1) is 16.4 Å². The van der Waals surface area contributed by atoms with Gasteiger partial charge in [-0.2, -0.15) is 5.21 Å². The lowest BCUT2D eigenvalue weighted by atomic mass is 10.4. The minimum atomic E-state index is 0.577. The summed E-state index contributed by atoms with van der Waals surface area (Å²) >= 11 is 1.58. The zero-order valence-electron chi connectivity index (χ0n) is 7.01. The summed E-state index contributed by atoms with van der Waals surface area (Å²) in [5.41, 5.74) is 2.82. The van der Waals surface area contributed by atoms with E-state index in [0.29, 0.717) is 12.5 Å². The van der Waals surface area contributed by atoms with Gasteiger partial charge in [0.25, 0.3) is 5.95 Å². The van der Waals surface area contributed by atoms with Crippen LogP contribution in [0.1, 0.15) is 5.69 Å². The molecule has 0 aliphatic heterocycles. The molecule has 0 amide bonds. The molecule has 0 saturated carbocycles. The van der Waals surface area contributed by atoms with E-state index in [-0.39, 0.29) is 0 Å². The van der Waals surface area contributed by atoms with Crippen molar-refractivity contribution in [3.8, 4) is 0 Å². The van der Waals surface area contributed by atoms with E-state index >= 15 is 0 Å². The lowest BCUT2D eigenvalue weighted by molar-refractivity contribution is 0.851. The van der Waals surface area contributed by atoms with E-state index in [1.807, 2.05) is 17.3 Å². The fourth-order valence-corrected chi connectivity index (χ4v) is 1.50. The average molecular weight is 196 g/mol. The van der Waals surface area contributed by atoms with Gasteiger partial charge < -0.3 is 4.90 Å². The third-order valence-electron chi connectivity index (χ3n) is 1.56. The molecule has 0 bridgehead atoms. The fraction of sp³-hybridized carbons (Fsp3) is 0.333. The van der Waals surface area contributed by atoms with Crippen LogP contribution in [-0.4, -0.2) is 32.7 Å². The van der Waals surface area contributed by atoms with Crippen molar-refractivity contribution in [2.45, 2.75) is 6.54 Å². The Labute approximate surface area is 78.6 Å². The number of thiazole rings is 1. The Morgan fingerprint density at radius 1 is 1.62 bits per heavy atom. The van der Waals surface area contributed by atoms with Crippen LogP contribution in [0, 0.1) is 0 Å². The quantitative estimate of drug-likeness (QED) is 0.764. The van der Waals surface area contributed by atoms with Gasteiger partial charge in [-0.1, -0.05) is 5.10 Å². The van der Waals surface area contributed by atoms with Crippen LogP contribution >= 0.6 is 11.3 Å². The number of rotatable bonds is 3. The molecule has 0 aliphatic rings. The Morgan fingerprint density at radius 2 is 2.54 bits per heavy atom. The molecule has 0 saturated heterocycles. The van der Waals surface area contributed by atoms with Crippen LogP contribution in [0.15, 0.2) is 10.9 Å². The van der Waals surface area contributed by atoms with Gasteiger partial charge in [-0.3, -0.25) is 0 Å². The first kappa shape index (κ1) is 8.11. The average Bonchev–Trinajstić information content (AvgIpc) is 2.74. The van der Waals surface area contributed by atoms with Crippen molar-refractivity contribution in [3.63, 3.8) is 0 Å². The predicted molar refractivity (Wildman–Crippen MR) is 48.4 cm³/mol. The second-order valence-corrected chi connectivity index (χ2v) is 3.27. The number of tetrazole rings is 1. The van der Waals surface area contributed by atoms with Gasteiger partial charge in [-0.25, -0.2) is 4.98 Å². The van der Waals surface area contributed by atoms with Gasteiger partial charge in [-0.05, 0) is 5.21 Å². The van der Waals surface area contributed by atoms with Gasteiger partial charge in [0, 0.05) is 12.4 Å². The smallest absolute Gasteiger partial charge is 0.265 e. The highest BCUT2D eigenvalue weighted by atomic mass is 32.1. The number of H-pyrrole nitrogens is 1. The van der Waals surface area contributed by atoms with Crippen LogP contribution in [-0.2, 0) is 6.54 Å². The van der Waals surface area contributed by atoms with Gasteiger partial charge >= 0.3 is 0 Å². The zero-order chi connectivity index (χ0) is 9.10. The lowest BCUT2D eigenvalue weighted by Gasteiger charge is -2.11. The molecule has 2 aromatic rings. The van der Waals surface area contributed by atoms with Gasteiger partial charge in [0.1, 0.15) is 0 Å². The Balaban J connectivity index is 2.04.